The number of carbonyl (C=O) groups is 4. The van der Waals surface area contributed by atoms with Crippen LogP contribution in [0.5, 0.6) is 0 Å². The molecule has 118 valence electrons. The number of nitrogens with zero attached hydrogens (tertiary/aromatic N) is 1. The van der Waals surface area contributed by atoms with Crippen LogP contribution in [0.15, 0.2) is 0 Å². The molecule has 0 saturated heterocycles. The van der Waals surface area contributed by atoms with Gasteiger partial charge >= 0.3 is 12.0 Å². The van der Waals surface area contributed by atoms with Crippen LogP contribution in [0.4, 0.5) is 4.79 Å². The van der Waals surface area contributed by atoms with Crippen LogP contribution in [-0.4, -0.2) is 59.5 Å². The number of likely N-dealkylation sites (N-methyl/N-ethyl adjacent to an activating group) is 1. The van der Waals surface area contributed by atoms with E-state index in [2.05, 4.69) is 10.6 Å². The van der Waals surface area contributed by atoms with E-state index in [-0.39, 0.29) is 31.3 Å². The molecule has 0 aliphatic heterocycles. The first-order chi connectivity index (χ1) is 9.79. The molecular weight excluding hydrogens is 280 g/mol. The van der Waals surface area contributed by atoms with Crippen LogP contribution in [0.3, 0.4) is 0 Å². The number of carboxylic acid groups (broad SMARTS) is 1. The number of carboxylic acids is 1. The minimum atomic E-state index is -1.26. The van der Waals surface area contributed by atoms with Gasteiger partial charge in [0.05, 0.1) is 0 Å². The van der Waals surface area contributed by atoms with E-state index in [1.54, 1.807) is 0 Å². The van der Waals surface area contributed by atoms with Gasteiger partial charge in [0.2, 0.25) is 11.8 Å². The SMILES string of the molecule is CN(CC(=O)NC1CC1)C(=O)N[C@H](CCC(N)=O)C(=O)O. The largest absolute Gasteiger partial charge is 0.480 e. The lowest BCUT2D eigenvalue weighted by atomic mass is 10.1. The Kier molecular flexibility index (Phi) is 5.94. The zero-order valence-corrected chi connectivity index (χ0v) is 11.8. The van der Waals surface area contributed by atoms with Crippen molar-refractivity contribution in [3.8, 4) is 0 Å². The van der Waals surface area contributed by atoms with Gasteiger partial charge in [0.1, 0.15) is 12.6 Å². The lowest BCUT2D eigenvalue weighted by Crippen LogP contribution is -2.49. The average molecular weight is 300 g/mol. The zero-order valence-electron chi connectivity index (χ0n) is 11.8. The van der Waals surface area contributed by atoms with E-state index in [0.29, 0.717) is 0 Å². The highest BCUT2D eigenvalue weighted by Gasteiger charge is 2.26. The molecule has 4 amide bonds. The van der Waals surface area contributed by atoms with Gasteiger partial charge in [-0.3, -0.25) is 9.59 Å². The van der Waals surface area contributed by atoms with Crippen molar-refractivity contribution in [2.24, 2.45) is 5.73 Å². The Morgan fingerprint density at radius 1 is 1.33 bits per heavy atom. The van der Waals surface area contributed by atoms with E-state index >= 15 is 0 Å². The molecule has 1 fully saturated rings. The third kappa shape index (κ3) is 6.59. The molecule has 21 heavy (non-hydrogen) atoms. The number of hydrogen-bond donors (Lipinski definition) is 4. The highest BCUT2D eigenvalue weighted by Crippen LogP contribution is 2.18. The Hall–Kier alpha value is -2.32. The molecule has 1 aliphatic rings. The van der Waals surface area contributed by atoms with E-state index in [4.69, 9.17) is 10.8 Å². The molecule has 0 spiro atoms. The van der Waals surface area contributed by atoms with Crippen LogP contribution < -0.4 is 16.4 Å². The van der Waals surface area contributed by atoms with Gasteiger partial charge in [0.25, 0.3) is 0 Å². The molecule has 5 N–H and O–H groups in total. The Balaban J connectivity index is 2.41. The fraction of sp³-hybridized carbons (Fsp3) is 0.667. The second-order valence-electron chi connectivity index (χ2n) is 5.04. The summed E-state index contributed by atoms with van der Waals surface area (Å²) in [4.78, 5) is 46.0. The summed E-state index contributed by atoms with van der Waals surface area (Å²) < 4.78 is 0. The highest BCUT2D eigenvalue weighted by atomic mass is 16.4. The van der Waals surface area contributed by atoms with Gasteiger partial charge < -0.3 is 26.4 Å². The van der Waals surface area contributed by atoms with Crippen LogP contribution in [0.2, 0.25) is 0 Å². The summed E-state index contributed by atoms with van der Waals surface area (Å²) >= 11 is 0. The molecule has 1 aliphatic carbocycles. The highest BCUT2D eigenvalue weighted by molar-refractivity contribution is 5.87. The smallest absolute Gasteiger partial charge is 0.326 e. The summed E-state index contributed by atoms with van der Waals surface area (Å²) in [6, 6.07) is -1.73. The molecule has 1 rings (SSSR count). The van der Waals surface area contributed by atoms with Gasteiger partial charge in [-0.15, -0.1) is 0 Å². The number of carbonyl (C=O) groups excluding carboxylic acids is 3. The fourth-order valence-corrected chi connectivity index (χ4v) is 1.59. The van der Waals surface area contributed by atoms with Crippen molar-refractivity contribution in [3.63, 3.8) is 0 Å². The standard InChI is InChI=1S/C12H20N4O5/c1-16(6-10(18)14-7-2-3-7)12(21)15-8(11(19)20)4-5-9(13)17/h7-8H,2-6H2,1H3,(H2,13,17)(H,14,18)(H,15,21)(H,19,20)/t8-/m1/s1. The quantitative estimate of drug-likeness (QED) is 0.437. The summed E-state index contributed by atoms with van der Waals surface area (Å²) in [6.07, 6.45) is 1.63. The van der Waals surface area contributed by atoms with Gasteiger partial charge in [-0.25, -0.2) is 9.59 Å². The van der Waals surface area contributed by atoms with Crippen molar-refractivity contribution in [2.45, 2.75) is 37.8 Å². The third-order valence-electron chi connectivity index (χ3n) is 2.95. The van der Waals surface area contributed by atoms with Crippen LogP contribution >= 0.6 is 0 Å². The van der Waals surface area contributed by atoms with E-state index in [0.717, 1.165) is 17.7 Å². The topological polar surface area (TPSA) is 142 Å². The molecule has 1 saturated carbocycles. The van der Waals surface area contributed by atoms with Crippen LogP contribution in [0, 0.1) is 0 Å². The Bertz CT molecular complexity index is 435. The van der Waals surface area contributed by atoms with E-state index in [1.165, 1.54) is 7.05 Å². The number of hydrogen-bond acceptors (Lipinski definition) is 4. The Morgan fingerprint density at radius 3 is 2.43 bits per heavy atom. The normalized spacial score (nSPS) is 14.9. The Labute approximate surface area is 121 Å². The predicted octanol–water partition coefficient (Wildman–Crippen LogP) is -1.37. The summed E-state index contributed by atoms with van der Waals surface area (Å²) in [5, 5.41) is 13.9. The van der Waals surface area contributed by atoms with E-state index in [1.807, 2.05) is 0 Å². The number of nitrogens with two attached hydrogens (primary N) is 1. The Morgan fingerprint density at radius 2 is 1.95 bits per heavy atom. The number of amides is 4. The minimum Gasteiger partial charge on any atom is -0.480 e. The maximum atomic E-state index is 11.8. The average Bonchev–Trinajstić information content (AvgIpc) is 3.16. The van der Waals surface area contributed by atoms with Gasteiger partial charge in [0.15, 0.2) is 0 Å². The zero-order chi connectivity index (χ0) is 16.0. The van der Waals surface area contributed by atoms with Gasteiger partial charge in [-0.2, -0.15) is 0 Å². The molecular formula is C12H20N4O5. The van der Waals surface area contributed by atoms with Crippen molar-refractivity contribution in [3.05, 3.63) is 0 Å². The van der Waals surface area contributed by atoms with Crippen LogP contribution in [0.25, 0.3) is 0 Å². The van der Waals surface area contributed by atoms with Crippen LogP contribution in [-0.2, 0) is 14.4 Å². The molecule has 0 aromatic heterocycles. The second-order valence-corrected chi connectivity index (χ2v) is 5.04. The van der Waals surface area contributed by atoms with E-state index in [9.17, 15) is 19.2 Å². The lowest BCUT2D eigenvalue weighted by molar-refractivity contribution is -0.139. The van der Waals surface area contributed by atoms with Crippen molar-refractivity contribution >= 4 is 23.8 Å². The summed E-state index contributed by atoms with van der Waals surface area (Å²) in [5.41, 5.74) is 4.94. The molecule has 0 radical (unpaired) electrons. The van der Waals surface area contributed by atoms with Gasteiger partial charge in [-0.05, 0) is 19.3 Å². The molecule has 0 bridgehead atoms. The number of rotatable bonds is 8. The van der Waals surface area contributed by atoms with Gasteiger partial charge in [0, 0.05) is 19.5 Å². The minimum absolute atomic E-state index is 0.0987. The predicted molar refractivity (Wildman–Crippen MR) is 72.2 cm³/mol. The number of aliphatic carboxylic acids is 1. The first kappa shape index (κ1) is 16.7. The van der Waals surface area contributed by atoms with Crippen LogP contribution in [0.1, 0.15) is 25.7 Å². The molecule has 0 heterocycles. The first-order valence-corrected chi connectivity index (χ1v) is 6.61. The molecule has 1 atom stereocenters. The van der Waals surface area contributed by atoms with Crippen molar-refractivity contribution in [2.75, 3.05) is 13.6 Å². The summed E-state index contributed by atoms with van der Waals surface area (Å²) in [6.45, 7) is -0.162. The first-order valence-electron chi connectivity index (χ1n) is 6.61. The fourth-order valence-electron chi connectivity index (χ4n) is 1.59. The second kappa shape index (κ2) is 7.46. The third-order valence-corrected chi connectivity index (χ3v) is 2.95. The van der Waals surface area contributed by atoms with E-state index < -0.39 is 23.9 Å². The molecule has 0 aromatic carbocycles. The summed E-state index contributed by atoms with van der Waals surface area (Å²) in [5.74, 6) is -2.20. The van der Waals surface area contributed by atoms with Crippen molar-refractivity contribution < 1.29 is 24.3 Å². The van der Waals surface area contributed by atoms with Crippen molar-refractivity contribution in [1.82, 2.24) is 15.5 Å². The number of nitrogens with one attached hydrogen (secondary N) is 2. The van der Waals surface area contributed by atoms with Crippen molar-refractivity contribution in [1.29, 1.82) is 0 Å². The maximum absolute atomic E-state index is 11.8. The van der Waals surface area contributed by atoms with Gasteiger partial charge in [-0.1, -0.05) is 0 Å². The maximum Gasteiger partial charge on any atom is 0.326 e. The number of urea groups is 1. The number of primary amides is 1. The molecule has 0 unspecified atom stereocenters. The molecule has 0 aromatic rings. The molecule has 9 nitrogen and oxygen atoms in total. The summed E-state index contributed by atoms with van der Waals surface area (Å²) in [7, 11) is 1.38. The lowest BCUT2D eigenvalue weighted by Gasteiger charge is -2.20. The molecule has 9 heteroatoms. The monoisotopic (exact) mass is 300 g/mol.